The maximum absolute atomic E-state index is 12.3. The van der Waals surface area contributed by atoms with Crippen molar-refractivity contribution >= 4 is 23.2 Å². The Hall–Kier alpha value is -3.41. The molecule has 1 aliphatic rings. The fourth-order valence-electron chi connectivity index (χ4n) is 3.24. The van der Waals surface area contributed by atoms with Crippen molar-refractivity contribution in [3.05, 3.63) is 71.8 Å². The summed E-state index contributed by atoms with van der Waals surface area (Å²) in [4.78, 5) is 14.5. The second-order valence-corrected chi connectivity index (χ2v) is 6.34. The highest BCUT2D eigenvalue weighted by Crippen LogP contribution is 2.32. The van der Waals surface area contributed by atoms with E-state index >= 15 is 0 Å². The Morgan fingerprint density at radius 3 is 2.59 bits per heavy atom. The summed E-state index contributed by atoms with van der Waals surface area (Å²) in [6.45, 7) is 0.906. The van der Waals surface area contributed by atoms with Crippen LogP contribution in [0.15, 0.2) is 60.7 Å². The number of hydrogen-bond acceptors (Lipinski definition) is 5. The largest absolute Gasteiger partial charge is 0.497 e. The maximum Gasteiger partial charge on any atom is 0.256 e. The number of rotatable bonds is 4. The number of amides is 1. The molecule has 0 bridgehead atoms. The summed E-state index contributed by atoms with van der Waals surface area (Å²) in [5.41, 5.74) is 3.03. The molecule has 0 spiro atoms. The lowest BCUT2D eigenvalue weighted by Crippen LogP contribution is -2.25. The molecule has 1 aliphatic heterocycles. The number of nitrogens with zero attached hydrogens (tertiary/aromatic N) is 3. The van der Waals surface area contributed by atoms with Gasteiger partial charge in [0.05, 0.1) is 7.11 Å². The molecule has 6 nitrogen and oxygen atoms in total. The van der Waals surface area contributed by atoms with E-state index in [1.54, 1.807) is 37.4 Å². The molecule has 4 rings (SSSR count). The van der Waals surface area contributed by atoms with Crippen LogP contribution in [0.3, 0.4) is 0 Å². The van der Waals surface area contributed by atoms with Crippen LogP contribution in [0.4, 0.5) is 17.3 Å². The molecule has 2 aromatic carbocycles. The summed E-state index contributed by atoms with van der Waals surface area (Å²) in [5, 5.41) is 11.3. The first kappa shape index (κ1) is 17.0. The molecule has 1 amide bonds. The van der Waals surface area contributed by atoms with E-state index in [0.29, 0.717) is 17.1 Å². The molecule has 6 heteroatoms. The van der Waals surface area contributed by atoms with Gasteiger partial charge in [-0.3, -0.25) is 4.79 Å². The van der Waals surface area contributed by atoms with E-state index in [-0.39, 0.29) is 5.91 Å². The third-order valence-electron chi connectivity index (χ3n) is 4.63. The van der Waals surface area contributed by atoms with Gasteiger partial charge in [-0.15, -0.1) is 10.2 Å². The Bertz CT molecular complexity index is 939. The van der Waals surface area contributed by atoms with Crippen molar-refractivity contribution in [1.82, 2.24) is 10.2 Å². The lowest BCUT2D eigenvalue weighted by atomic mass is 10.0. The molecule has 0 saturated heterocycles. The van der Waals surface area contributed by atoms with E-state index in [2.05, 4.69) is 38.6 Å². The van der Waals surface area contributed by atoms with Gasteiger partial charge in [-0.1, -0.05) is 18.2 Å². The summed E-state index contributed by atoms with van der Waals surface area (Å²) < 4.78 is 5.10. The van der Waals surface area contributed by atoms with Gasteiger partial charge < -0.3 is 15.0 Å². The van der Waals surface area contributed by atoms with Crippen LogP contribution in [0.2, 0.25) is 0 Å². The van der Waals surface area contributed by atoms with Crippen LogP contribution in [0.5, 0.6) is 5.75 Å². The second-order valence-electron chi connectivity index (χ2n) is 6.34. The van der Waals surface area contributed by atoms with Crippen LogP contribution in [0, 0.1) is 0 Å². The monoisotopic (exact) mass is 360 g/mol. The quantitative estimate of drug-likeness (QED) is 0.766. The van der Waals surface area contributed by atoms with E-state index in [4.69, 9.17) is 4.74 Å². The van der Waals surface area contributed by atoms with Crippen molar-refractivity contribution in [3.8, 4) is 5.75 Å². The zero-order chi connectivity index (χ0) is 18.6. The molecule has 27 heavy (non-hydrogen) atoms. The summed E-state index contributed by atoms with van der Waals surface area (Å²) >= 11 is 0. The Labute approximate surface area is 157 Å². The molecular weight excluding hydrogens is 340 g/mol. The first-order valence-electron chi connectivity index (χ1n) is 8.89. The molecule has 0 fully saturated rings. The molecule has 0 radical (unpaired) electrons. The molecule has 0 aliphatic carbocycles. The molecule has 2 heterocycles. The molecule has 1 aromatic heterocycles. The number of carbonyl (C=O) groups is 1. The first-order valence-corrected chi connectivity index (χ1v) is 8.89. The van der Waals surface area contributed by atoms with Gasteiger partial charge in [0.15, 0.2) is 11.6 Å². The van der Waals surface area contributed by atoms with E-state index < -0.39 is 0 Å². The zero-order valence-corrected chi connectivity index (χ0v) is 15.1. The lowest BCUT2D eigenvalue weighted by molar-refractivity contribution is 0.102. The number of nitrogens with one attached hydrogen (secondary N) is 1. The minimum absolute atomic E-state index is 0.233. The highest BCUT2D eigenvalue weighted by molar-refractivity contribution is 6.03. The van der Waals surface area contributed by atoms with Crippen molar-refractivity contribution in [1.29, 1.82) is 0 Å². The van der Waals surface area contributed by atoms with Gasteiger partial charge in [0.25, 0.3) is 5.91 Å². The number of hydrogen-bond donors (Lipinski definition) is 1. The Balaban J connectivity index is 1.49. The van der Waals surface area contributed by atoms with Crippen molar-refractivity contribution in [2.24, 2.45) is 0 Å². The standard InChI is InChI=1S/C21H20N4O2/c1-27-17-10-8-16(9-11-17)21(26)22-19-12-13-20(24-23-19)25-14-4-6-15-5-2-3-7-18(15)25/h2-3,5,7-13H,4,6,14H2,1H3,(H,22,23,26). The fraction of sp³-hybridized carbons (Fsp3) is 0.190. The third kappa shape index (κ3) is 3.60. The number of aryl methyl sites for hydroxylation is 1. The van der Waals surface area contributed by atoms with E-state index in [9.17, 15) is 4.79 Å². The van der Waals surface area contributed by atoms with Crippen LogP contribution in [-0.2, 0) is 6.42 Å². The highest BCUT2D eigenvalue weighted by atomic mass is 16.5. The van der Waals surface area contributed by atoms with Gasteiger partial charge in [0.1, 0.15) is 5.75 Å². The molecule has 0 atom stereocenters. The van der Waals surface area contributed by atoms with Crippen molar-refractivity contribution in [3.63, 3.8) is 0 Å². The summed E-state index contributed by atoms with van der Waals surface area (Å²) in [6, 6.07) is 18.9. The number of benzene rings is 2. The van der Waals surface area contributed by atoms with Crippen LogP contribution in [0.1, 0.15) is 22.3 Å². The molecule has 3 aromatic rings. The highest BCUT2D eigenvalue weighted by Gasteiger charge is 2.19. The van der Waals surface area contributed by atoms with E-state index in [0.717, 1.165) is 25.2 Å². The first-order chi connectivity index (χ1) is 13.2. The van der Waals surface area contributed by atoms with Gasteiger partial charge in [-0.25, -0.2) is 0 Å². The number of fused-ring (bicyclic) bond motifs is 1. The van der Waals surface area contributed by atoms with Gasteiger partial charge in [-0.2, -0.15) is 0 Å². The van der Waals surface area contributed by atoms with E-state index in [1.807, 2.05) is 12.1 Å². The van der Waals surface area contributed by atoms with Crippen molar-refractivity contribution in [2.45, 2.75) is 12.8 Å². The molecule has 1 N–H and O–H groups in total. The van der Waals surface area contributed by atoms with Gasteiger partial charge in [0, 0.05) is 17.8 Å². The van der Waals surface area contributed by atoms with Crippen molar-refractivity contribution < 1.29 is 9.53 Å². The smallest absolute Gasteiger partial charge is 0.256 e. The normalized spacial score (nSPS) is 13.0. The number of methoxy groups -OCH3 is 1. The Morgan fingerprint density at radius 2 is 1.85 bits per heavy atom. The number of ether oxygens (including phenoxy) is 1. The van der Waals surface area contributed by atoms with Gasteiger partial charge in [-0.05, 0) is 60.9 Å². The van der Waals surface area contributed by atoms with Gasteiger partial charge in [0.2, 0.25) is 0 Å². The van der Waals surface area contributed by atoms with Crippen LogP contribution in [-0.4, -0.2) is 29.8 Å². The second kappa shape index (κ2) is 7.45. The summed E-state index contributed by atoms with van der Waals surface area (Å²) in [7, 11) is 1.59. The molecular formula is C21H20N4O2. The molecule has 136 valence electrons. The molecule has 0 saturated carbocycles. The van der Waals surface area contributed by atoms with Crippen LogP contribution < -0.4 is 15.0 Å². The van der Waals surface area contributed by atoms with Crippen LogP contribution in [0.25, 0.3) is 0 Å². The Morgan fingerprint density at radius 1 is 1.04 bits per heavy atom. The fourth-order valence-corrected chi connectivity index (χ4v) is 3.24. The number of anilines is 3. The van der Waals surface area contributed by atoms with Crippen LogP contribution >= 0.6 is 0 Å². The zero-order valence-electron chi connectivity index (χ0n) is 15.1. The maximum atomic E-state index is 12.3. The number of aromatic nitrogens is 2. The lowest BCUT2D eigenvalue weighted by Gasteiger charge is -2.29. The Kier molecular flexibility index (Phi) is 4.70. The SMILES string of the molecule is COc1ccc(C(=O)Nc2ccc(N3CCCc4ccccc43)nn2)cc1. The number of para-hydroxylation sites is 1. The van der Waals surface area contributed by atoms with Gasteiger partial charge >= 0.3 is 0 Å². The van der Waals surface area contributed by atoms with E-state index in [1.165, 1.54) is 11.3 Å². The number of carbonyl (C=O) groups excluding carboxylic acids is 1. The minimum Gasteiger partial charge on any atom is -0.497 e. The summed E-state index contributed by atoms with van der Waals surface area (Å²) in [5.74, 6) is 1.68. The summed E-state index contributed by atoms with van der Waals surface area (Å²) in [6.07, 6.45) is 2.16. The predicted molar refractivity (Wildman–Crippen MR) is 105 cm³/mol. The average molecular weight is 360 g/mol. The average Bonchev–Trinajstić information content (AvgIpc) is 2.74. The van der Waals surface area contributed by atoms with Crippen molar-refractivity contribution in [2.75, 3.05) is 23.9 Å². The minimum atomic E-state index is -0.233. The third-order valence-corrected chi connectivity index (χ3v) is 4.63. The molecule has 0 unspecified atom stereocenters. The topological polar surface area (TPSA) is 67.3 Å². The predicted octanol–water partition coefficient (Wildman–Crippen LogP) is 3.82.